The molecule has 0 atom stereocenters. The molecular weight excluding hydrogens is 413 g/mol. The molecule has 0 N–H and O–H groups in total. The maximum Gasteiger partial charge on any atom is 0.414 e. The van der Waals surface area contributed by atoms with Gasteiger partial charge in [-0.25, -0.2) is 4.79 Å². The van der Waals surface area contributed by atoms with Crippen molar-refractivity contribution in [1.82, 2.24) is 0 Å². The molecule has 0 saturated carbocycles. The molecule has 29 heavy (non-hydrogen) atoms. The minimum Gasteiger partial charge on any atom is -0.457 e. The van der Waals surface area contributed by atoms with E-state index in [-0.39, 0.29) is 5.78 Å². The highest BCUT2D eigenvalue weighted by Gasteiger charge is 2.23. The number of nitrogens with zero attached hydrogens (tertiary/aromatic N) is 1. The van der Waals surface area contributed by atoms with E-state index in [1.165, 1.54) is 11.0 Å². The Morgan fingerprint density at radius 2 is 1.90 bits per heavy atom. The molecule has 146 valence electrons. The average molecular weight is 428 g/mol. The normalized spacial score (nSPS) is 13.9. The molecule has 4 rings (SSSR count). The summed E-state index contributed by atoms with van der Waals surface area (Å²) in [5.74, 6) is 0.848. The lowest BCUT2D eigenvalue weighted by atomic mass is 10.1. The van der Waals surface area contributed by atoms with Gasteiger partial charge in [0.2, 0.25) is 0 Å². The lowest BCUT2D eigenvalue weighted by molar-refractivity contribution is 0.104. The number of hydrogen-bond acceptors (Lipinski definition) is 4. The maximum atomic E-state index is 12.5. The van der Waals surface area contributed by atoms with Gasteiger partial charge in [0, 0.05) is 16.8 Å². The van der Waals surface area contributed by atoms with Crippen LogP contribution in [0, 0.1) is 0 Å². The standard InChI is InChI=1S/C22H15Cl2NO4/c23-18-6-2-5-17(21(18)24)20-10-8-16(29-20)7-9-19(26)14-3-1-4-15(13-14)25-11-12-28-22(25)27/h1-10,13H,11-12H2. The van der Waals surface area contributed by atoms with E-state index in [1.54, 1.807) is 60.7 Å². The van der Waals surface area contributed by atoms with Crippen LogP contribution in [0.25, 0.3) is 17.4 Å². The molecule has 0 spiro atoms. The fourth-order valence-corrected chi connectivity index (χ4v) is 3.38. The van der Waals surface area contributed by atoms with Crippen LogP contribution in [-0.2, 0) is 4.74 Å². The van der Waals surface area contributed by atoms with Gasteiger partial charge in [0.05, 0.1) is 16.6 Å². The van der Waals surface area contributed by atoms with Gasteiger partial charge in [-0.15, -0.1) is 0 Å². The summed E-state index contributed by atoms with van der Waals surface area (Å²) in [4.78, 5) is 25.7. The van der Waals surface area contributed by atoms with Crippen LogP contribution in [0.3, 0.4) is 0 Å². The van der Waals surface area contributed by atoms with Gasteiger partial charge in [0.1, 0.15) is 18.1 Å². The first-order valence-corrected chi connectivity index (χ1v) is 9.59. The molecule has 1 aliphatic rings. The van der Waals surface area contributed by atoms with Gasteiger partial charge < -0.3 is 9.15 Å². The van der Waals surface area contributed by atoms with E-state index in [9.17, 15) is 9.59 Å². The minimum atomic E-state index is -0.409. The lowest BCUT2D eigenvalue weighted by Gasteiger charge is -2.13. The molecule has 5 nitrogen and oxygen atoms in total. The fraction of sp³-hybridized carbons (Fsp3) is 0.0909. The molecule has 0 aliphatic carbocycles. The summed E-state index contributed by atoms with van der Waals surface area (Å²) in [5.41, 5.74) is 1.76. The van der Waals surface area contributed by atoms with Crippen molar-refractivity contribution in [2.75, 3.05) is 18.1 Å². The number of cyclic esters (lactones) is 1. The monoisotopic (exact) mass is 427 g/mol. The van der Waals surface area contributed by atoms with E-state index < -0.39 is 6.09 Å². The number of ketones is 1. The van der Waals surface area contributed by atoms with Crippen LogP contribution in [0.15, 0.2) is 65.1 Å². The summed E-state index contributed by atoms with van der Waals surface area (Å²) in [5, 5.41) is 0.849. The number of allylic oxidation sites excluding steroid dienone is 1. The van der Waals surface area contributed by atoms with Crippen molar-refractivity contribution in [3.63, 3.8) is 0 Å². The van der Waals surface area contributed by atoms with E-state index >= 15 is 0 Å². The van der Waals surface area contributed by atoms with Crippen molar-refractivity contribution in [3.05, 3.63) is 82.0 Å². The molecule has 0 unspecified atom stereocenters. The molecular formula is C22H15Cl2NO4. The molecule has 1 saturated heterocycles. The van der Waals surface area contributed by atoms with Crippen molar-refractivity contribution in [2.24, 2.45) is 0 Å². The first kappa shape index (κ1) is 19.3. The number of carbonyl (C=O) groups is 2. The lowest BCUT2D eigenvalue weighted by Crippen LogP contribution is -2.23. The smallest absolute Gasteiger partial charge is 0.414 e. The summed E-state index contributed by atoms with van der Waals surface area (Å²) in [6, 6.07) is 15.7. The van der Waals surface area contributed by atoms with Crippen LogP contribution in [0.1, 0.15) is 16.1 Å². The average Bonchev–Trinajstić information content (AvgIpc) is 3.37. The van der Waals surface area contributed by atoms with Crippen molar-refractivity contribution >= 4 is 46.8 Å². The Kier molecular flexibility index (Phi) is 5.43. The molecule has 1 aliphatic heterocycles. The fourth-order valence-electron chi connectivity index (χ4n) is 2.99. The molecule has 7 heteroatoms. The first-order valence-electron chi connectivity index (χ1n) is 8.84. The van der Waals surface area contributed by atoms with Gasteiger partial charge in [-0.2, -0.15) is 0 Å². The number of anilines is 1. The second kappa shape index (κ2) is 8.15. The van der Waals surface area contributed by atoms with Crippen LogP contribution >= 0.6 is 23.2 Å². The Bertz CT molecular complexity index is 1120. The first-order chi connectivity index (χ1) is 14.0. The Morgan fingerprint density at radius 3 is 2.69 bits per heavy atom. The zero-order valence-electron chi connectivity index (χ0n) is 15.1. The maximum absolute atomic E-state index is 12.5. The van der Waals surface area contributed by atoms with E-state index in [2.05, 4.69) is 0 Å². The topological polar surface area (TPSA) is 59.8 Å². The summed E-state index contributed by atoms with van der Waals surface area (Å²) in [6.07, 6.45) is 2.60. The minimum absolute atomic E-state index is 0.210. The van der Waals surface area contributed by atoms with Gasteiger partial charge >= 0.3 is 6.09 Å². The van der Waals surface area contributed by atoms with Crippen LogP contribution in [-0.4, -0.2) is 25.0 Å². The Labute approximate surface area is 177 Å². The third-order valence-corrected chi connectivity index (χ3v) is 5.26. The number of carbonyl (C=O) groups excluding carboxylic acids is 2. The Hall–Kier alpha value is -3.02. The molecule has 0 bridgehead atoms. The number of benzene rings is 2. The van der Waals surface area contributed by atoms with Gasteiger partial charge in [-0.3, -0.25) is 9.69 Å². The number of amides is 1. The molecule has 1 amide bonds. The van der Waals surface area contributed by atoms with E-state index in [0.29, 0.717) is 51.5 Å². The number of rotatable bonds is 5. The summed E-state index contributed by atoms with van der Waals surface area (Å²) in [6.45, 7) is 0.807. The molecule has 3 aromatic rings. The summed E-state index contributed by atoms with van der Waals surface area (Å²) < 4.78 is 10.7. The number of furan rings is 1. The van der Waals surface area contributed by atoms with E-state index in [0.717, 1.165) is 0 Å². The predicted octanol–water partition coefficient (Wildman–Crippen LogP) is 6.11. The highest BCUT2D eigenvalue weighted by Crippen LogP contribution is 2.34. The van der Waals surface area contributed by atoms with Crippen molar-refractivity contribution in [3.8, 4) is 11.3 Å². The number of halogens is 2. The van der Waals surface area contributed by atoms with Crippen LogP contribution in [0.5, 0.6) is 0 Å². The molecule has 0 radical (unpaired) electrons. The van der Waals surface area contributed by atoms with E-state index in [1.807, 2.05) is 0 Å². The zero-order chi connectivity index (χ0) is 20.4. The largest absolute Gasteiger partial charge is 0.457 e. The summed E-state index contributed by atoms with van der Waals surface area (Å²) in [7, 11) is 0. The SMILES string of the molecule is O=C(C=Cc1ccc(-c2cccc(Cl)c2Cl)o1)c1cccc(N2CCOC2=O)c1. The van der Waals surface area contributed by atoms with Gasteiger partial charge in [0.15, 0.2) is 5.78 Å². The summed E-state index contributed by atoms with van der Waals surface area (Å²) >= 11 is 12.3. The van der Waals surface area contributed by atoms with Gasteiger partial charge in [0.25, 0.3) is 0 Å². The van der Waals surface area contributed by atoms with E-state index in [4.69, 9.17) is 32.4 Å². The van der Waals surface area contributed by atoms with Crippen molar-refractivity contribution in [2.45, 2.75) is 0 Å². The number of ether oxygens (including phenoxy) is 1. The quantitative estimate of drug-likeness (QED) is 0.364. The molecule has 2 aromatic carbocycles. The Morgan fingerprint density at radius 1 is 1.07 bits per heavy atom. The van der Waals surface area contributed by atoms with Crippen LogP contribution in [0.4, 0.5) is 10.5 Å². The van der Waals surface area contributed by atoms with Crippen molar-refractivity contribution in [1.29, 1.82) is 0 Å². The van der Waals surface area contributed by atoms with Gasteiger partial charge in [-0.1, -0.05) is 41.4 Å². The van der Waals surface area contributed by atoms with Gasteiger partial charge in [-0.05, 0) is 48.6 Å². The molecule has 1 aromatic heterocycles. The predicted molar refractivity (Wildman–Crippen MR) is 113 cm³/mol. The van der Waals surface area contributed by atoms with Crippen molar-refractivity contribution < 1.29 is 18.7 Å². The van der Waals surface area contributed by atoms with Crippen LogP contribution in [0.2, 0.25) is 10.0 Å². The Balaban J connectivity index is 1.51. The second-order valence-electron chi connectivity index (χ2n) is 6.32. The molecule has 1 fully saturated rings. The molecule has 2 heterocycles. The highest BCUT2D eigenvalue weighted by atomic mass is 35.5. The zero-order valence-corrected chi connectivity index (χ0v) is 16.6. The highest BCUT2D eigenvalue weighted by molar-refractivity contribution is 6.43. The third-order valence-electron chi connectivity index (χ3n) is 4.45. The third kappa shape index (κ3) is 4.06. The van der Waals surface area contributed by atoms with Crippen LogP contribution < -0.4 is 4.90 Å². The number of hydrogen-bond donors (Lipinski definition) is 0. The second-order valence-corrected chi connectivity index (χ2v) is 7.10.